The summed E-state index contributed by atoms with van der Waals surface area (Å²) in [6.45, 7) is 7.34. The molecule has 1 fully saturated rings. The van der Waals surface area contributed by atoms with Crippen molar-refractivity contribution in [1.29, 1.82) is 0 Å². The Morgan fingerprint density at radius 2 is 1.66 bits per heavy atom. The third kappa shape index (κ3) is 7.33. The van der Waals surface area contributed by atoms with Crippen LogP contribution in [0.3, 0.4) is 0 Å². The Hall–Kier alpha value is -1.55. The molecule has 0 aromatic heterocycles. The average Bonchev–Trinajstić information content (AvgIpc) is 3.23. The van der Waals surface area contributed by atoms with Gasteiger partial charge < -0.3 is 9.80 Å². The minimum atomic E-state index is 0.0459. The first-order valence-electron chi connectivity index (χ1n) is 10.4. The molecule has 2 aromatic rings. The van der Waals surface area contributed by atoms with Gasteiger partial charge in [0.15, 0.2) is 0 Å². The summed E-state index contributed by atoms with van der Waals surface area (Å²) in [6.07, 6.45) is 4.04. The number of carbonyl (C=O) groups is 1. The summed E-state index contributed by atoms with van der Waals surface area (Å²) in [5.41, 5.74) is 2.05. The van der Waals surface area contributed by atoms with Crippen molar-refractivity contribution in [2.24, 2.45) is 0 Å². The molecule has 0 bridgehead atoms. The van der Waals surface area contributed by atoms with Gasteiger partial charge in [-0.25, -0.2) is 0 Å². The Bertz CT molecular complexity index is 761. The molecule has 1 heterocycles. The van der Waals surface area contributed by atoms with Crippen LogP contribution in [0, 0.1) is 0 Å². The van der Waals surface area contributed by atoms with Crippen molar-refractivity contribution in [1.82, 2.24) is 9.80 Å². The van der Waals surface area contributed by atoms with Crippen LogP contribution < -0.4 is 0 Å². The zero-order chi connectivity index (χ0) is 21.2. The summed E-state index contributed by atoms with van der Waals surface area (Å²) in [6, 6.07) is 15.7. The van der Waals surface area contributed by atoms with Gasteiger partial charge in [0.2, 0.25) is 5.91 Å². The molecule has 0 N–H and O–H groups in total. The maximum Gasteiger partial charge on any atom is 0.227 e. The second-order valence-corrected chi connectivity index (χ2v) is 8.39. The van der Waals surface area contributed by atoms with Crippen LogP contribution in [-0.2, 0) is 11.2 Å². The zero-order valence-electron chi connectivity index (χ0n) is 17.7. The summed E-state index contributed by atoms with van der Waals surface area (Å²) in [4.78, 5) is 17.2. The number of rotatable bonds is 6. The van der Waals surface area contributed by atoms with Crippen molar-refractivity contribution >= 4 is 29.1 Å². The van der Waals surface area contributed by atoms with Gasteiger partial charge in [0, 0.05) is 13.6 Å². The van der Waals surface area contributed by atoms with Crippen molar-refractivity contribution in [3.8, 4) is 0 Å². The highest BCUT2D eigenvalue weighted by Gasteiger charge is 2.25. The Kier molecular flexibility index (Phi) is 9.99. The van der Waals surface area contributed by atoms with Crippen LogP contribution >= 0.6 is 23.2 Å². The number of nitrogens with zero attached hydrogens (tertiary/aromatic N) is 2. The second-order valence-electron chi connectivity index (χ2n) is 7.57. The van der Waals surface area contributed by atoms with E-state index in [0.717, 1.165) is 25.2 Å². The van der Waals surface area contributed by atoms with Crippen molar-refractivity contribution in [2.75, 3.05) is 26.7 Å². The molecule has 0 aliphatic carbocycles. The van der Waals surface area contributed by atoms with Crippen molar-refractivity contribution in [3.05, 3.63) is 69.7 Å². The normalized spacial score (nSPS) is 14.8. The Morgan fingerprint density at radius 1 is 1.03 bits per heavy atom. The first-order chi connectivity index (χ1) is 14.0. The van der Waals surface area contributed by atoms with Crippen molar-refractivity contribution in [2.45, 2.75) is 45.6 Å². The number of benzene rings is 2. The molecule has 2 aromatic carbocycles. The third-order valence-corrected chi connectivity index (χ3v) is 5.75. The number of hydrogen-bond acceptors (Lipinski definition) is 2. The van der Waals surface area contributed by atoms with Crippen LogP contribution in [0.15, 0.2) is 48.5 Å². The molecule has 29 heavy (non-hydrogen) atoms. The van der Waals surface area contributed by atoms with Crippen LogP contribution in [0.25, 0.3) is 0 Å². The largest absolute Gasteiger partial charge is 0.337 e. The molecule has 1 aliphatic heterocycles. The summed E-state index contributed by atoms with van der Waals surface area (Å²) in [7, 11) is 1.90. The highest BCUT2D eigenvalue weighted by molar-refractivity contribution is 6.42. The fourth-order valence-corrected chi connectivity index (χ4v) is 3.78. The van der Waals surface area contributed by atoms with E-state index in [1.165, 1.54) is 24.8 Å². The van der Waals surface area contributed by atoms with Gasteiger partial charge in [0.05, 0.1) is 22.5 Å². The molecule has 1 aliphatic rings. The number of halogens is 2. The number of likely N-dealkylation sites (tertiary alicyclic amines) is 1. The minimum Gasteiger partial charge on any atom is -0.337 e. The van der Waals surface area contributed by atoms with Gasteiger partial charge in [-0.05, 0) is 49.2 Å². The standard InChI is InChI=1S/C21H24Cl2N2O.C3H8/c1-24(21(26)14-16-9-10-18(22)19(23)13-16)20(15-25-11-5-6-12-25)17-7-3-2-4-8-17;1-3-2/h2-4,7-10,13,20H,5-6,11-12,14-15H2,1H3;3H2,1-2H3/t20-;/m1./s1. The monoisotopic (exact) mass is 434 g/mol. The molecule has 1 amide bonds. The van der Waals surface area contributed by atoms with Crippen LogP contribution in [-0.4, -0.2) is 42.4 Å². The molecule has 3 rings (SSSR count). The van der Waals surface area contributed by atoms with Crippen molar-refractivity contribution in [3.63, 3.8) is 0 Å². The SMILES string of the molecule is CCC.CN(C(=O)Cc1ccc(Cl)c(Cl)c1)[C@H](CN1CCCC1)c1ccccc1. The lowest BCUT2D eigenvalue weighted by Crippen LogP contribution is -2.39. The van der Waals surface area contributed by atoms with E-state index in [2.05, 4.69) is 30.9 Å². The van der Waals surface area contributed by atoms with Gasteiger partial charge in [-0.1, -0.05) is 79.9 Å². The van der Waals surface area contributed by atoms with Crippen LogP contribution in [0.5, 0.6) is 0 Å². The van der Waals surface area contributed by atoms with E-state index >= 15 is 0 Å². The maximum atomic E-state index is 12.9. The third-order valence-electron chi connectivity index (χ3n) is 5.01. The predicted molar refractivity (Wildman–Crippen MR) is 124 cm³/mol. The van der Waals surface area contributed by atoms with Crippen LogP contribution in [0.1, 0.15) is 50.3 Å². The summed E-state index contributed by atoms with van der Waals surface area (Å²) < 4.78 is 0. The Morgan fingerprint density at radius 3 is 2.24 bits per heavy atom. The molecule has 158 valence electrons. The second kappa shape index (κ2) is 12.2. The minimum absolute atomic E-state index is 0.0459. The first kappa shape index (κ1) is 23.7. The van der Waals surface area contributed by atoms with E-state index in [0.29, 0.717) is 16.5 Å². The lowest BCUT2D eigenvalue weighted by Gasteiger charge is -2.32. The molecule has 3 nitrogen and oxygen atoms in total. The van der Waals surface area contributed by atoms with E-state index in [4.69, 9.17) is 23.2 Å². The van der Waals surface area contributed by atoms with Gasteiger partial charge in [0.25, 0.3) is 0 Å². The number of carbonyl (C=O) groups excluding carboxylic acids is 1. The summed E-state index contributed by atoms with van der Waals surface area (Å²) in [5.74, 6) is 0.0800. The maximum absolute atomic E-state index is 12.9. The highest BCUT2D eigenvalue weighted by Crippen LogP contribution is 2.26. The Balaban J connectivity index is 0.000000941. The fourth-order valence-electron chi connectivity index (χ4n) is 3.46. The molecular weight excluding hydrogens is 403 g/mol. The lowest BCUT2D eigenvalue weighted by atomic mass is 10.0. The molecule has 0 saturated carbocycles. The van der Waals surface area contributed by atoms with E-state index in [-0.39, 0.29) is 11.9 Å². The van der Waals surface area contributed by atoms with E-state index in [9.17, 15) is 4.79 Å². The van der Waals surface area contributed by atoms with Gasteiger partial charge in [-0.2, -0.15) is 0 Å². The molecule has 1 saturated heterocycles. The quantitative estimate of drug-likeness (QED) is 0.536. The molecule has 1 atom stereocenters. The summed E-state index contributed by atoms with van der Waals surface area (Å²) in [5, 5.41) is 0.990. The molecule has 0 radical (unpaired) electrons. The van der Waals surface area contributed by atoms with Crippen LogP contribution in [0.2, 0.25) is 10.0 Å². The average molecular weight is 435 g/mol. The fraction of sp³-hybridized carbons (Fsp3) is 0.458. The van der Waals surface area contributed by atoms with Crippen molar-refractivity contribution < 1.29 is 4.79 Å². The molecular formula is C24H32Cl2N2O. The number of amides is 1. The molecule has 5 heteroatoms. The van der Waals surface area contributed by atoms with E-state index in [1.807, 2.05) is 36.2 Å². The Labute approximate surface area is 185 Å². The number of hydrogen-bond donors (Lipinski definition) is 0. The lowest BCUT2D eigenvalue weighted by molar-refractivity contribution is -0.131. The van der Waals surface area contributed by atoms with E-state index in [1.54, 1.807) is 12.1 Å². The van der Waals surface area contributed by atoms with Gasteiger partial charge in [-0.15, -0.1) is 0 Å². The smallest absolute Gasteiger partial charge is 0.227 e. The number of likely N-dealkylation sites (N-methyl/N-ethyl adjacent to an activating group) is 1. The molecule has 0 spiro atoms. The van der Waals surface area contributed by atoms with E-state index < -0.39 is 0 Å². The van der Waals surface area contributed by atoms with Gasteiger partial charge >= 0.3 is 0 Å². The summed E-state index contributed by atoms with van der Waals surface area (Å²) >= 11 is 12.1. The van der Waals surface area contributed by atoms with Gasteiger partial charge in [0.1, 0.15) is 0 Å². The van der Waals surface area contributed by atoms with Gasteiger partial charge in [-0.3, -0.25) is 4.79 Å². The predicted octanol–water partition coefficient (Wildman–Crippen LogP) is 6.25. The zero-order valence-corrected chi connectivity index (χ0v) is 19.2. The first-order valence-corrected chi connectivity index (χ1v) is 11.2. The topological polar surface area (TPSA) is 23.6 Å². The van der Waals surface area contributed by atoms with Crippen LogP contribution in [0.4, 0.5) is 0 Å². The highest BCUT2D eigenvalue weighted by atomic mass is 35.5. The molecule has 0 unspecified atom stereocenters.